The maximum atomic E-state index is 12.3. The Morgan fingerprint density at radius 2 is 1.47 bits per heavy atom. The van der Waals surface area contributed by atoms with Crippen molar-refractivity contribution < 1.29 is 39.3 Å². The van der Waals surface area contributed by atoms with Gasteiger partial charge in [0.15, 0.2) is 6.29 Å². The van der Waals surface area contributed by atoms with E-state index in [1.54, 1.807) is 29.4 Å². The molecule has 11 heteroatoms. The van der Waals surface area contributed by atoms with E-state index >= 15 is 0 Å². The maximum Gasteiger partial charge on any atom is 0.335 e. The van der Waals surface area contributed by atoms with Gasteiger partial charge in [-0.2, -0.15) is 0 Å². The van der Waals surface area contributed by atoms with E-state index in [0.717, 1.165) is 38.3 Å². The Morgan fingerprint density at radius 1 is 0.776 bits per heavy atom. The summed E-state index contributed by atoms with van der Waals surface area (Å²) in [5, 5.41) is 30.2. The fourth-order valence-corrected chi connectivity index (χ4v) is 6.44. The zero-order valence-electron chi connectivity index (χ0n) is 26.9. The second-order valence-electron chi connectivity index (χ2n) is 11.8. The van der Waals surface area contributed by atoms with Gasteiger partial charge in [0.25, 0.3) is 0 Å². The number of thioether (sulfide) groups is 1. The number of carbonyl (C=O) groups is 3. The van der Waals surface area contributed by atoms with Crippen molar-refractivity contribution in [3.05, 3.63) is 125 Å². The van der Waals surface area contributed by atoms with Crippen molar-refractivity contribution in [1.29, 1.82) is 0 Å². The van der Waals surface area contributed by atoms with Crippen LogP contribution in [0.15, 0.2) is 102 Å². The van der Waals surface area contributed by atoms with Crippen molar-refractivity contribution in [3.8, 4) is 11.1 Å². The lowest BCUT2D eigenvalue weighted by Gasteiger charge is -2.36. The van der Waals surface area contributed by atoms with Crippen molar-refractivity contribution in [2.45, 2.75) is 68.6 Å². The molecule has 4 aromatic rings. The van der Waals surface area contributed by atoms with Crippen molar-refractivity contribution >= 4 is 29.5 Å². The van der Waals surface area contributed by atoms with Crippen molar-refractivity contribution in [2.24, 2.45) is 0 Å². The van der Waals surface area contributed by atoms with Crippen LogP contribution in [0.4, 0.5) is 0 Å². The van der Waals surface area contributed by atoms with Gasteiger partial charge >= 0.3 is 5.97 Å². The van der Waals surface area contributed by atoms with Gasteiger partial charge in [-0.05, 0) is 71.0 Å². The van der Waals surface area contributed by atoms with Gasteiger partial charge < -0.3 is 25.0 Å². The van der Waals surface area contributed by atoms with E-state index in [2.05, 4.69) is 5.32 Å². The third-order valence-electron chi connectivity index (χ3n) is 8.27. The summed E-state index contributed by atoms with van der Waals surface area (Å²) >= 11 is 1.61. The van der Waals surface area contributed by atoms with Crippen LogP contribution >= 0.6 is 11.8 Å². The second-order valence-corrected chi connectivity index (χ2v) is 12.9. The first-order valence-corrected chi connectivity index (χ1v) is 17.2. The van der Waals surface area contributed by atoms with Crippen LogP contribution in [0, 0.1) is 0 Å². The Hall–Kier alpha value is -4.52. The van der Waals surface area contributed by atoms with Crippen LogP contribution in [0.3, 0.4) is 0 Å². The fourth-order valence-electron chi connectivity index (χ4n) is 5.52. The summed E-state index contributed by atoms with van der Waals surface area (Å²) in [6.07, 6.45) is 1.22. The third-order valence-corrected chi connectivity index (χ3v) is 9.41. The number of rotatable bonds is 15. The molecule has 10 nitrogen and oxygen atoms in total. The summed E-state index contributed by atoms with van der Waals surface area (Å²) in [6.45, 7) is 0.353. The molecule has 0 bridgehead atoms. The highest BCUT2D eigenvalue weighted by molar-refractivity contribution is 7.99. The van der Waals surface area contributed by atoms with E-state index in [1.807, 2.05) is 84.9 Å². The first-order chi connectivity index (χ1) is 23.8. The molecule has 0 aliphatic carbocycles. The summed E-state index contributed by atoms with van der Waals surface area (Å²) in [6, 6.07) is 30.6. The number of carboxylic acids is 1. The predicted molar refractivity (Wildman–Crippen MR) is 185 cm³/mol. The Morgan fingerprint density at radius 3 is 2.14 bits per heavy atom. The number of hydrogen-bond acceptors (Lipinski definition) is 8. The number of benzene rings is 4. The van der Waals surface area contributed by atoms with Gasteiger partial charge in [-0.3, -0.25) is 14.8 Å². The zero-order valence-corrected chi connectivity index (χ0v) is 27.7. The molecule has 4 aromatic carbocycles. The van der Waals surface area contributed by atoms with Crippen LogP contribution < -0.4 is 10.8 Å². The van der Waals surface area contributed by atoms with Crippen LogP contribution in [-0.4, -0.2) is 45.1 Å². The minimum Gasteiger partial charge on any atom is -0.478 e. The lowest BCUT2D eigenvalue weighted by molar-refractivity contribution is -0.245. The molecule has 1 heterocycles. The van der Waals surface area contributed by atoms with Crippen LogP contribution in [0.1, 0.15) is 77.1 Å². The molecular formula is C38H40N2O8S. The normalized spacial score (nSPS) is 17.3. The van der Waals surface area contributed by atoms with Gasteiger partial charge in [0, 0.05) is 42.0 Å². The molecule has 1 aliphatic heterocycles. The maximum absolute atomic E-state index is 12.3. The Labute approximate surface area is 289 Å². The number of aliphatic hydroxyl groups is 1. The molecule has 0 saturated carbocycles. The van der Waals surface area contributed by atoms with Crippen molar-refractivity contribution in [1.82, 2.24) is 10.8 Å². The number of ether oxygens (including phenoxy) is 2. The molecule has 0 spiro atoms. The number of unbranched alkanes of at least 4 members (excludes halogenated alkanes) is 1. The lowest BCUT2D eigenvalue weighted by atomic mass is 9.99. The van der Waals surface area contributed by atoms with Crippen LogP contribution in [-0.2, 0) is 32.2 Å². The largest absolute Gasteiger partial charge is 0.478 e. The van der Waals surface area contributed by atoms with Gasteiger partial charge in [0.2, 0.25) is 11.8 Å². The SMILES string of the molecule is O=C(CCCCC(=O)NCc1cccc(-c2ccc([C@H]3O[C@@H](CSc4ccc(C(=O)O)cc4)C[C@@H](c4ccc(CO)cc4)O3)cc2)c1)NO. The summed E-state index contributed by atoms with van der Waals surface area (Å²) in [4.78, 5) is 35.6. The molecule has 49 heavy (non-hydrogen) atoms. The number of amides is 2. The lowest BCUT2D eigenvalue weighted by Crippen LogP contribution is -2.31. The number of aromatic carboxylic acids is 1. The van der Waals surface area contributed by atoms with Gasteiger partial charge in [-0.25, -0.2) is 10.3 Å². The highest BCUT2D eigenvalue weighted by atomic mass is 32.2. The van der Waals surface area contributed by atoms with Crippen LogP contribution in [0.2, 0.25) is 0 Å². The predicted octanol–water partition coefficient (Wildman–Crippen LogP) is 6.56. The topological polar surface area (TPSA) is 154 Å². The Kier molecular flexibility index (Phi) is 13.0. The Balaban J connectivity index is 1.23. The average molecular weight is 685 g/mol. The van der Waals surface area contributed by atoms with E-state index in [-0.39, 0.29) is 36.7 Å². The number of hydrogen-bond donors (Lipinski definition) is 5. The van der Waals surface area contributed by atoms with Crippen molar-refractivity contribution in [2.75, 3.05) is 5.75 Å². The molecule has 3 atom stereocenters. The minimum absolute atomic E-state index is 0.0313. The molecule has 5 N–H and O–H groups in total. The van der Waals surface area contributed by atoms with E-state index in [9.17, 15) is 24.6 Å². The number of aliphatic hydroxyl groups excluding tert-OH is 1. The summed E-state index contributed by atoms with van der Waals surface area (Å²) < 4.78 is 13.0. The van der Waals surface area contributed by atoms with E-state index in [4.69, 9.17) is 14.7 Å². The second kappa shape index (κ2) is 17.8. The zero-order chi connectivity index (χ0) is 34.6. The molecule has 256 valence electrons. The highest BCUT2D eigenvalue weighted by Crippen LogP contribution is 2.40. The standard InChI is InChI=1S/C38H40N2O8S/c41-23-25-8-10-28(11-9-25)34-21-32(24-49-33-18-16-29(17-19-33)37(44)45)47-38(48-34)30-14-12-27(13-15-30)31-5-3-4-26(20-31)22-39-35(42)6-1-2-7-36(43)40-46/h3-5,8-20,32,34,38,41,46H,1-2,6-7,21-24H2,(H,39,42)(H,40,43)(H,44,45)/t32-,34+,38+/m1/s1. The quantitative estimate of drug-likeness (QED) is 0.0405. The van der Waals surface area contributed by atoms with E-state index in [0.29, 0.717) is 38.0 Å². The number of hydroxylamine groups is 1. The van der Waals surface area contributed by atoms with Gasteiger partial charge in [0.05, 0.1) is 24.4 Å². The van der Waals surface area contributed by atoms with Crippen molar-refractivity contribution in [3.63, 3.8) is 0 Å². The molecule has 1 fully saturated rings. The summed E-state index contributed by atoms with van der Waals surface area (Å²) in [5.41, 5.74) is 7.51. The number of carbonyl (C=O) groups excluding carboxylic acids is 2. The molecule has 0 radical (unpaired) electrons. The van der Waals surface area contributed by atoms with E-state index in [1.165, 1.54) is 0 Å². The highest BCUT2D eigenvalue weighted by Gasteiger charge is 2.32. The van der Waals surface area contributed by atoms with Crippen LogP contribution in [0.5, 0.6) is 0 Å². The smallest absolute Gasteiger partial charge is 0.335 e. The Bertz CT molecular complexity index is 1700. The average Bonchev–Trinajstić information content (AvgIpc) is 3.15. The molecule has 1 aliphatic rings. The first-order valence-electron chi connectivity index (χ1n) is 16.2. The minimum atomic E-state index is -0.957. The van der Waals surface area contributed by atoms with Gasteiger partial charge in [0.1, 0.15) is 0 Å². The summed E-state index contributed by atoms with van der Waals surface area (Å²) in [7, 11) is 0. The molecule has 1 saturated heterocycles. The van der Waals surface area contributed by atoms with Crippen LogP contribution in [0.25, 0.3) is 11.1 Å². The molecule has 0 unspecified atom stereocenters. The van der Waals surface area contributed by atoms with E-state index < -0.39 is 18.2 Å². The van der Waals surface area contributed by atoms with Gasteiger partial charge in [-0.15, -0.1) is 11.8 Å². The number of carboxylic acid groups (broad SMARTS) is 1. The molecular weight excluding hydrogens is 644 g/mol. The number of nitrogens with one attached hydrogen (secondary N) is 2. The molecule has 5 rings (SSSR count). The molecule has 2 amide bonds. The third kappa shape index (κ3) is 10.5. The first kappa shape index (κ1) is 35.8. The van der Waals surface area contributed by atoms with Gasteiger partial charge in [-0.1, -0.05) is 66.7 Å². The summed E-state index contributed by atoms with van der Waals surface area (Å²) in [5.74, 6) is -0.857. The molecule has 0 aromatic heterocycles. The monoisotopic (exact) mass is 684 g/mol. The fraction of sp³-hybridized carbons (Fsp3) is 0.289.